The van der Waals surface area contributed by atoms with Crippen LogP contribution in [0.2, 0.25) is 0 Å². The van der Waals surface area contributed by atoms with Gasteiger partial charge in [-0.15, -0.1) is 11.3 Å². The van der Waals surface area contributed by atoms with Crippen LogP contribution in [0.3, 0.4) is 0 Å². The van der Waals surface area contributed by atoms with Crippen molar-refractivity contribution in [3.05, 3.63) is 16.1 Å². The number of carboxylic acids is 1. The second-order valence-electron chi connectivity index (χ2n) is 5.44. The molecule has 1 fully saturated rings. The van der Waals surface area contributed by atoms with Gasteiger partial charge in [-0.1, -0.05) is 6.92 Å². The van der Waals surface area contributed by atoms with Crippen molar-refractivity contribution < 1.29 is 14.7 Å². The van der Waals surface area contributed by atoms with E-state index in [9.17, 15) is 9.59 Å². The fourth-order valence-corrected chi connectivity index (χ4v) is 2.88. The van der Waals surface area contributed by atoms with E-state index in [4.69, 9.17) is 5.11 Å². The van der Waals surface area contributed by atoms with Gasteiger partial charge in [0.15, 0.2) is 5.69 Å². The summed E-state index contributed by atoms with van der Waals surface area (Å²) < 4.78 is 0. The Balaban J connectivity index is 1.93. The fourth-order valence-electron chi connectivity index (χ4n) is 2.08. The molecule has 1 aliphatic carbocycles. The summed E-state index contributed by atoms with van der Waals surface area (Å²) in [6, 6.07) is -0.377. The summed E-state index contributed by atoms with van der Waals surface area (Å²) in [4.78, 5) is 29.0. The Labute approximate surface area is 128 Å². The average molecular weight is 311 g/mol. The summed E-state index contributed by atoms with van der Waals surface area (Å²) in [5, 5.41) is 13.9. The highest BCUT2D eigenvalue weighted by Gasteiger charge is 2.27. The van der Waals surface area contributed by atoms with Crippen molar-refractivity contribution in [2.24, 2.45) is 5.92 Å². The molecule has 1 aromatic heterocycles. The molecule has 0 radical (unpaired) electrons. The molecule has 2 rings (SSSR count). The average Bonchev–Trinajstić information content (AvgIpc) is 3.10. The number of carboxylic acid groups (broad SMARTS) is 1. The molecule has 1 heterocycles. The second-order valence-corrected chi connectivity index (χ2v) is 6.33. The molecular weight excluding hydrogens is 290 g/mol. The summed E-state index contributed by atoms with van der Waals surface area (Å²) in [5.74, 6) is -0.395. The van der Waals surface area contributed by atoms with E-state index >= 15 is 0 Å². The van der Waals surface area contributed by atoms with Crippen molar-refractivity contribution in [3.63, 3.8) is 0 Å². The standard InChI is InChI=1S/C14H21N3O3S/c1-3-6-17(7-10-4-5-10)14(20)15-9(2)12-16-11(8-21-12)13(18)19/h8-10H,3-7H2,1-2H3,(H,15,20)(H,18,19). The first-order valence-corrected chi connectivity index (χ1v) is 8.13. The van der Waals surface area contributed by atoms with Crippen LogP contribution in [0.4, 0.5) is 4.79 Å². The van der Waals surface area contributed by atoms with E-state index in [0.29, 0.717) is 10.9 Å². The highest BCUT2D eigenvalue weighted by atomic mass is 32.1. The molecule has 0 bridgehead atoms. The number of urea groups is 1. The van der Waals surface area contributed by atoms with Crippen molar-refractivity contribution in [1.29, 1.82) is 0 Å². The summed E-state index contributed by atoms with van der Waals surface area (Å²) in [6.07, 6.45) is 3.34. The lowest BCUT2D eigenvalue weighted by atomic mass is 10.3. The lowest BCUT2D eigenvalue weighted by molar-refractivity contribution is 0.0691. The van der Waals surface area contributed by atoms with E-state index in [1.54, 1.807) is 0 Å². The van der Waals surface area contributed by atoms with Crippen molar-refractivity contribution in [2.45, 2.75) is 39.2 Å². The zero-order chi connectivity index (χ0) is 15.4. The monoisotopic (exact) mass is 311 g/mol. The summed E-state index contributed by atoms with van der Waals surface area (Å²) in [7, 11) is 0. The maximum atomic E-state index is 12.3. The molecule has 0 spiro atoms. The first kappa shape index (κ1) is 15.8. The van der Waals surface area contributed by atoms with E-state index in [1.807, 2.05) is 11.8 Å². The molecule has 7 heteroatoms. The highest BCUT2D eigenvalue weighted by molar-refractivity contribution is 7.09. The highest BCUT2D eigenvalue weighted by Crippen LogP contribution is 2.30. The van der Waals surface area contributed by atoms with Crippen molar-refractivity contribution in [2.75, 3.05) is 13.1 Å². The van der Waals surface area contributed by atoms with Crippen LogP contribution >= 0.6 is 11.3 Å². The maximum absolute atomic E-state index is 12.3. The molecule has 0 saturated heterocycles. The fraction of sp³-hybridized carbons (Fsp3) is 0.643. The molecule has 1 unspecified atom stereocenters. The zero-order valence-corrected chi connectivity index (χ0v) is 13.2. The lowest BCUT2D eigenvalue weighted by Crippen LogP contribution is -2.42. The Morgan fingerprint density at radius 1 is 1.57 bits per heavy atom. The van der Waals surface area contributed by atoms with Crippen LogP contribution in [-0.2, 0) is 0 Å². The van der Waals surface area contributed by atoms with Gasteiger partial charge in [0.05, 0.1) is 6.04 Å². The third-order valence-electron chi connectivity index (χ3n) is 3.41. The van der Waals surface area contributed by atoms with Gasteiger partial charge in [0.2, 0.25) is 0 Å². The number of nitrogens with zero attached hydrogens (tertiary/aromatic N) is 2. The molecule has 1 aromatic rings. The summed E-state index contributed by atoms with van der Waals surface area (Å²) in [5.41, 5.74) is 0.0273. The molecular formula is C14H21N3O3S. The van der Waals surface area contributed by atoms with Crippen molar-refractivity contribution in [1.82, 2.24) is 15.2 Å². The van der Waals surface area contributed by atoms with Gasteiger partial charge >= 0.3 is 12.0 Å². The molecule has 1 atom stereocenters. The van der Waals surface area contributed by atoms with Crippen LogP contribution < -0.4 is 5.32 Å². The van der Waals surface area contributed by atoms with Crippen molar-refractivity contribution >= 4 is 23.3 Å². The molecule has 0 aromatic carbocycles. The number of hydrogen-bond acceptors (Lipinski definition) is 4. The molecule has 1 saturated carbocycles. The van der Waals surface area contributed by atoms with Crippen LogP contribution in [0, 0.1) is 5.92 Å². The largest absolute Gasteiger partial charge is 0.476 e. The number of rotatable bonds is 7. The van der Waals surface area contributed by atoms with Gasteiger partial charge < -0.3 is 15.3 Å². The smallest absolute Gasteiger partial charge is 0.355 e. The van der Waals surface area contributed by atoms with Gasteiger partial charge in [0.1, 0.15) is 5.01 Å². The molecule has 2 amide bonds. The van der Waals surface area contributed by atoms with E-state index < -0.39 is 5.97 Å². The minimum absolute atomic E-state index is 0.0273. The van der Waals surface area contributed by atoms with Gasteiger partial charge in [-0.2, -0.15) is 0 Å². The minimum atomic E-state index is -1.04. The maximum Gasteiger partial charge on any atom is 0.355 e. The molecule has 1 aliphatic rings. The topological polar surface area (TPSA) is 82.5 Å². The normalized spacial score (nSPS) is 15.5. The van der Waals surface area contributed by atoms with E-state index in [2.05, 4.69) is 17.2 Å². The van der Waals surface area contributed by atoms with Crippen molar-refractivity contribution in [3.8, 4) is 0 Å². The first-order chi connectivity index (χ1) is 10.0. The second kappa shape index (κ2) is 6.89. The molecule has 21 heavy (non-hydrogen) atoms. The van der Waals surface area contributed by atoms with Crippen LogP contribution in [0.25, 0.3) is 0 Å². The van der Waals surface area contributed by atoms with Gasteiger partial charge in [-0.25, -0.2) is 14.6 Å². The minimum Gasteiger partial charge on any atom is -0.476 e. The predicted octanol–water partition coefficient (Wildman–Crippen LogP) is 2.73. The van der Waals surface area contributed by atoms with Gasteiger partial charge in [0.25, 0.3) is 0 Å². The Kier molecular flexibility index (Phi) is 5.17. The number of amides is 2. The Morgan fingerprint density at radius 2 is 2.29 bits per heavy atom. The predicted molar refractivity (Wildman–Crippen MR) is 80.6 cm³/mol. The van der Waals surface area contributed by atoms with Gasteiger partial charge in [-0.05, 0) is 32.1 Å². The molecule has 0 aliphatic heterocycles. The third kappa shape index (κ3) is 4.42. The molecule has 6 nitrogen and oxygen atoms in total. The Morgan fingerprint density at radius 3 is 2.81 bits per heavy atom. The quantitative estimate of drug-likeness (QED) is 0.811. The van der Waals surface area contributed by atoms with Gasteiger partial charge in [-0.3, -0.25) is 0 Å². The summed E-state index contributed by atoms with van der Waals surface area (Å²) in [6.45, 7) is 5.43. The third-order valence-corrected chi connectivity index (χ3v) is 4.44. The number of aromatic carboxylic acids is 1. The molecule has 116 valence electrons. The number of carbonyl (C=O) groups is 2. The first-order valence-electron chi connectivity index (χ1n) is 7.25. The zero-order valence-electron chi connectivity index (χ0n) is 12.3. The number of carbonyl (C=O) groups excluding carboxylic acids is 1. The van der Waals surface area contributed by atoms with Crippen LogP contribution in [0.15, 0.2) is 5.38 Å². The van der Waals surface area contributed by atoms with E-state index in [0.717, 1.165) is 19.5 Å². The Hall–Kier alpha value is -1.63. The number of hydrogen-bond donors (Lipinski definition) is 2. The van der Waals surface area contributed by atoms with E-state index in [-0.39, 0.29) is 17.8 Å². The number of nitrogens with one attached hydrogen (secondary N) is 1. The SMILES string of the molecule is CCCN(CC1CC1)C(=O)NC(C)c1nc(C(=O)O)cs1. The number of aromatic nitrogens is 1. The van der Waals surface area contributed by atoms with E-state index in [1.165, 1.54) is 29.6 Å². The van der Waals surface area contributed by atoms with Crippen LogP contribution in [0.1, 0.15) is 54.6 Å². The van der Waals surface area contributed by atoms with Crippen LogP contribution in [-0.4, -0.2) is 40.1 Å². The lowest BCUT2D eigenvalue weighted by Gasteiger charge is -2.24. The molecule has 2 N–H and O–H groups in total. The van der Waals surface area contributed by atoms with Gasteiger partial charge in [0, 0.05) is 18.5 Å². The number of thiazole rings is 1. The summed E-state index contributed by atoms with van der Waals surface area (Å²) >= 11 is 1.25. The van der Waals surface area contributed by atoms with Crippen LogP contribution in [0.5, 0.6) is 0 Å². The Bertz CT molecular complexity index is 513.